The maximum absolute atomic E-state index is 3.62. The minimum atomic E-state index is 1.12. The van der Waals surface area contributed by atoms with Gasteiger partial charge in [-0.1, -0.05) is 42.1 Å². The number of unbranched alkanes of at least 4 members (excludes halogenated alkanes) is 3. The molecule has 0 saturated heterocycles. The number of fused-ring (bicyclic) bond motifs is 3. The van der Waals surface area contributed by atoms with Crippen LogP contribution in [0.3, 0.4) is 0 Å². The highest BCUT2D eigenvalue weighted by Crippen LogP contribution is 2.32. The second kappa shape index (κ2) is 6.53. The SMILES string of the molecule is CCCCCCN1CCc2c(c3cc(Br)ccc3n2C)C1. The Morgan fingerprint density at radius 3 is 2.86 bits per heavy atom. The van der Waals surface area contributed by atoms with Gasteiger partial charge in [0, 0.05) is 47.6 Å². The van der Waals surface area contributed by atoms with E-state index in [0.717, 1.165) is 6.54 Å². The number of nitrogens with zero attached hydrogens (tertiary/aromatic N) is 2. The van der Waals surface area contributed by atoms with Crippen LogP contribution in [0.1, 0.15) is 43.9 Å². The molecule has 1 aromatic heterocycles. The van der Waals surface area contributed by atoms with Crippen LogP contribution in [0, 0.1) is 0 Å². The van der Waals surface area contributed by atoms with E-state index in [9.17, 15) is 0 Å². The molecule has 1 aliphatic rings. The van der Waals surface area contributed by atoms with E-state index in [0.29, 0.717) is 0 Å². The fraction of sp³-hybridized carbons (Fsp3) is 0.556. The number of rotatable bonds is 5. The lowest BCUT2D eigenvalue weighted by Crippen LogP contribution is -2.31. The normalized spacial score (nSPS) is 15.6. The third kappa shape index (κ3) is 3.04. The van der Waals surface area contributed by atoms with Crippen molar-refractivity contribution in [3.63, 3.8) is 0 Å². The molecule has 2 aromatic rings. The van der Waals surface area contributed by atoms with Crippen molar-refractivity contribution in [2.45, 2.75) is 45.6 Å². The maximum Gasteiger partial charge on any atom is 0.0484 e. The molecule has 0 aliphatic carbocycles. The summed E-state index contributed by atoms with van der Waals surface area (Å²) in [6, 6.07) is 6.67. The van der Waals surface area contributed by atoms with Crippen LogP contribution in [0.5, 0.6) is 0 Å². The number of benzene rings is 1. The summed E-state index contributed by atoms with van der Waals surface area (Å²) in [5, 5.41) is 1.43. The molecule has 0 bridgehead atoms. The number of halogens is 1. The van der Waals surface area contributed by atoms with E-state index in [-0.39, 0.29) is 0 Å². The summed E-state index contributed by atoms with van der Waals surface area (Å²) in [5.74, 6) is 0. The van der Waals surface area contributed by atoms with Crippen LogP contribution < -0.4 is 0 Å². The molecule has 0 saturated carbocycles. The van der Waals surface area contributed by atoms with E-state index in [1.807, 2.05) is 0 Å². The summed E-state index contributed by atoms with van der Waals surface area (Å²) in [4.78, 5) is 2.64. The van der Waals surface area contributed by atoms with Crippen LogP contribution in [0.25, 0.3) is 10.9 Å². The summed E-state index contributed by atoms with van der Waals surface area (Å²) in [5.41, 5.74) is 4.46. The van der Waals surface area contributed by atoms with Crippen LogP contribution >= 0.6 is 15.9 Å². The first-order chi connectivity index (χ1) is 10.2. The minimum Gasteiger partial charge on any atom is -0.347 e. The van der Waals surface area contributed by atoms with Crippen molar-refractivity contribution in [3.05, 3.63) is 33.9 Å². The average molecular weight is 349 g/mol. The van der Waals surface area contributed by atoms with E-state index in [2.05, 4.69) is 57.6 Å². The van der Waals surface area contributed by atoms with Gasteiger partial charge in [0.25, 0.3) is 0 Å². The van der Waals surface area contributed by atoms with Gasteiger partial charge >= 0.3 is 0 Å². The summed E-state index contributed by atoms with van der Waals surface area (Å²) < 4.78 is 3.58. The van der Waals surface area contributed by atoms with Crippen molar-refractivity contribution in [1.82, 2.24) is 9.47 Å². The third-order valence-corrected chi connectivity index (χ3v) is 5.27. The maximum atomic E-state index is 3.62. The first kappa shape index (κ1) is 15.1. The fourth-order valence-electron chi connectivity index (χ4n) is 3.56. The number of hydrogen-bond donors (Lipinski definition) is 0. The lowest BCUT2D eigenvalue weighted by molar-refractivity contribution is 0.247. The molecule has 0 amide bonds. The molecule has 21 heavy (non-hydrogen) atoms. The zero-order valence-electron chi connectivity index (χ0n) is 13.2. The van der Waals surface area contributed by atoms with E-state index in [1.54, 1.807) is 5.56 Å². The zero-order valence-corrected chi connectivity index (χ0v) is 14.7. The molecule has 0 radical (unpaired) electrons. The summed E-state index contributed by atoms with van der Waals surface area (Å²) in [6.45, 7) is 5.87. The molecule has 0 N–H and O–H groups in total. The Bertz CT molecular complexity index is 630. The number of aromatic nitrogens is 1. The van der Waals surface area contributed by atoms with Crippen molar-refractivity contribution in [1.29, 1.82) is 0 Å². The quantitative estimate of drug-likeness (QED) is 0.699. The molecule has 1 aliphatic heterocycles. The lowest BCUT2D eigenvalue weighted by atomic mass is 10.0. The molecule has 0 spiro atoms. The Balaban J connectivity index is 1.80. The van der Waals surface area contributed by atoms with Gasteiger partial charge in [-0.2, -0.15) is 0 Å². The Kier molecular flexibility index (Phi) is 4.70. The number of aryl methyl sites for hydroxylation is 1. The van der Waals surface area contributed by atoms with E-state index in [4.69, 9.17) is 0 Å². The predicted molar refractivity (Wildman–Crippen MR) is 93.7 cm³/mol. The van der Waals surface area contributed by atoms with Gasteiger partial charge in [-0.25, -0.2) is 0 Å². The van der Waals surface area contributed by atoms with Gasteiger partial charge < -0.3 is 4.57 Å². The van der Waals surface area contributed by atoms with Crippen molar-refractivity contribution in [2.24, 2.45) is 7.05 Å². The topological polar surface area (TPSA) is 8.17 Å². The average Bonchev–Trinajstić information content (AvgIpc) is 2.76. The molecule has 0 unspecified atom stereocenters. The molecular weight excluding hydrogens is 324 g/mol. The van der Waals surface area contributed by atoms with Gasteiger partial charge in [0.15, 0.2) is 0 Å². The molecule has 3 heteroatoms. The van der Waals surface area contributed by atoms with Crippen molar-refractivity contribution < 1.29 is 0 Å². The van der Waals surface area contributed by atoms with Gasteiger partial charge in [0.05, 0.1) is 0 Å². The monoisotopic (exact) mass is 348 g/mol. The van der Waals surface area contributed by atoms with Gasteiger partial charge in [-0.15, -0.1) is 0 Å². The van der Waals surface area contributed by atoms with E-state index in [1.165, 1.54) is 66.3 Å². The highest BCUT2D eigenvalue weighted by atomic mass is 79.9. The first-order valence-electron chi connectivity index (χ1n) is 8.18. The predicted octanol–water partition coefficient (Wildman–Crippen LogP) is 4.88. The van der Waals surface area contributed by atoms with Crippen molar-refractivity contribution >= 4 is 26.8 Å². The third-order valence-electron chi connectivity index (χ3n) is 4.77. The minimum absolute atomic E-state index is 1.12. The summed E-state index contributed by atoms with van der Waals surface area (Å²) in [7, 11) is 2.21. The molecule has 0 fully saturated rings. The van der Waals surface area contributed by atoms with Crippen LogP contribution in [-0.4, -0.2) is 22.6 Å². The Labute approximate surface area is 136 Å². The zero-order chi connectivity index (χ0) is 14.8. The van der Waals surface area contributed by atoms with Crippen molar-refractivity contribution in [3.8, 4) is 0 Å². The van der Waals surface area contributed by atoms with Crippen LogP contribution in [-0.2, 0) is 20.0 Å². The van der Waals surface area contributed by atoms with E-state index < -0.39 is 0 Å². The van der Waals surface area contributed by atoms with Gasteiger partial charge in [-0.05, 0) is 36.7 Å². The van der Waals surface area contributed by atoms with Crippen LogP contribution in [0.4, 0.5) is 0 Å². The first-order valence-corrected chi connectivity index (χ1v) is 8.98. The smallest absolute Gasteiger partial charge is 0.0484 e. The van der Waals surface area contributed by atoms with Gasteiger partial charge in [-0.3, -0.25) is 4.90 Å². The standard InChI is InChI=1S/C18H25BrN2/c1-3-4-5-6-10-21-11-9-18-16(13-21)15-12-14(19)7-8-17(15)20(18)2/h7-8,12H,3-6,9-11,13H2,1-2H3. The largest absolute Gasteiger partial charge is 0.347 e. The molecule has 114 valence electrons. The van der Waals surface area contributed by atoms with Crippen molar-refractivity contribution in [2.75, 3.05) is 13.1 Å². The van der Waals surface area contributed by atoms with Gasteiger partial charge in [0.1, 0.15) is 0 Å². The molecule has 2 nitrogen and oxygen atoms in total. The highest BCUT2D eigenvalue weighted by molar-refractivity contribution is 9.10. The Morgan fingerprint density at radius 2 is 2.05 bits per heavy atom. The van der Waals surface area contributed by atoms with Gasteiger partial charge in [0.2, 0.25) is 0 Å². The second-order valence-electron chi connectivity index (χ2n) is 6.23. The Hall–Kier alpha value is -0.800. The van der Waals surface area contributed by atoms with Crippen LogP contribution in [0.2, 0.25) is 0 Å². The molecule has 0 atom stereocenters. The highest BCUT2D eigenvalue weighted by Gasteiger charge is 2.22. The molecule has 2 heterocycles. The second-order valence-corrected chi connectivity index (χ2v) is 7.15. The number of hydrogen-bond acceptors (Lipinski definition) is 1. The fourth-order valence-corrected chi connectivity index (χ4v) is 3.92. The molecular formula is C18H25BrN2. The molecule has 1 aromatic carbocycles. The summed E-state index contributed by atoms with van der Waals surface area (Å²) in [6.07, 6.45) is 6.60. The van der Waals surface area contributed by atoms with Crippen LogP contribution in [0.15, 0.2) is 22.7 Å². The van der Waals surface area contributed by atoms with E-state index >= 15 is 0 Å². The molecule has 3 rings (SSSR count). The summed E-state index contributed by atoms with van der Waals surface area (Å²) >= 11 is 3.62. The lowest BCUT2D eigenvalue weighted by Gasteiger charge is -2.27. The Morgan fingerprint density at radius 1 is 1.19 bits per heavy atom.